The normalized spacial score (nSPS) is 15.0. The van der Waals surface area contributed by atoms with Gasteiger partial charge in [-0.2, -0.15) is 0 Å². The number of rotatable bonds is 28. The fourth-order valence-electron chi connectivity index (χ4n) is 6.37. The number of hydrogen-bond donors (Lipinski definition) is 0. The van der Waals surface area contributed by atoms with Gasteiger partial charge in [-0.05, 0) is 18.4 Å². The van der Waals surface area contributed by atoms with E-state index in [1.165, 1.54) is 179 Å². The molecule has 2 rings (SSSR count). The van der Waals surface area contributed by atoms with E-state index in [1.807, 2.05) is 0 Å². The number of benzene rings is 1. The van der Waals surface area contributed by atoms with E-state index in [0.29, 0.717) is 6.17 Å². The Labute approximate surface area is 251 Å². The van der Waals surface area contributed by atoms with E-state index in [2.05, 4.69) is 66.4 Å². The Morgan fingerprint density at radius 2 is 0.700 bits per heavy atom. The van der Waals surface area contributed by atoms with Crippen LogP contribution in [-0.4, -0.2) is 22.9 Å². The zero-order valence-corrected chi connectivity index (χ0v) is 27.1. The fourth-order valence-corrected chi connectivity index (χ4v) is 6.37. The van der Waals surface area contributed by atoms with Gasteiger partial charge in [-0.1, -0.05) is 192 Å². The summed E-state index contributed by atoms with van der Waals surface area (Å²) in [6.07, 6.45) is 40.7. The molecule has 40 heavy (non-hydrogen) atoms. The van der Waals surface area contributed by atoms with Gasteiger partial charge in [-0.25, -0.2) is 0 Å². The van der Waals surface area contributed by atoms with Crippen molar-refractivity contribution in [2.45, 2.75) is 181 Å². The van der Waals surface area contributed by atoms with Gasteiger partial charge in [-0.3, -0.25) is 0 Å². The Morgan fingerprint density at radius 3 is 1.02 bits per heavy atom. The molecule has 0 saturated heterocycles. The summed E-state index contributed by atoms with van der Waals surface area (Å²) in [6.45, 7) is 6.97. The molecule has 0 aromatic heterocycles. The van der Waals surface area contributed by atoms with Gasteiger partial charge in [0.2, 0.25) is 0 Å². The molecule has 2 heteroatoms. The number of unbranched alkanes of at least 4 members (excludes halogenated alkanes) is 23. The molecule has 0 spiro atoms. The van der Waals surface area contributed by atoms with Crippen molar-refractivity contribution in [3.05, 3.63) is 48.3 Å². The Hall–Kier alpha value is -1.44. The van der Waals surface area contributed by atoms with Crippen LogP contribution in [0, 0.1) is 0 Å². The second kappa shape index (κ2) is 25.3. The highest BCUT2D eigenvalue weighted by Gasteiger charge is 2.26. The molecule has 0 fully saturated rings. The lowest BCUT2D eigenvalue weighted by Crippen LogP contribution is -2.32. The summed E-state index contributed by atoms with van der Waals surface area (Å²) in [5.41, 5.74) is 1.44. The van der Waals surface area contributed by atoms with Crippen LogP contribution in [-0.2, 0) is 0 Å². The van der Waals surface area contributed by atoms with Crippen molar-refractivity contribution in [3.63, 3.8) is 0 Å². The third kappa shape index (κ3) is 16.7. The molecule has 1 aromatic carbocycles. The Balaban J connectivity index is 1.49. The van der Waals surface area contributed by atoms with Gasteiger partial charge in [-0.15, -0.1) is 0 Å². The van der Waals surface area contributed by atoms with Crippen molar-refractivity contribution >= 4 is 0 Å². The lowest BCUT2D eigenvalue weighted by Gasteiger charge is -2.33. The Bertz CT molecular complexity index is 684. The first-order chi connectivity index (χ1) is 19.9. The molecule has 230 valence electrons. The van der Waals surface area contributed by atoms with E-state index in [1.54, 1.807) is 0 Å². The minimum absolute atomic E-state index is 0.395. The van der Waals surface area contributed by atoms with Gasteiger partial charge in [0.25, 0.3) is 0 Å². The maximum Gasteiger partial charge on any atom is 0.127 e. The first kappa shape index (κ1) is 34.8. The highest BCUT2D eigenvalue weighted by molar-refractivity contribution is 5.21. The average Bonchev–Trinajstić information content (AvgIpc) is 3.39. The summed E-state index contributed by atoms with van der Waals surface area (Å²) in [6, 6.07) is 11.2. The Kier molecular flexibility index (Phi) is 22.0. The van der Waals surface area contributed by atoms with Crippen LogP contribution >= 0.6 is 0 Å². The molecule has 1 aliphatic rings. The van der Waals surface area contributed by atoms with E-state index in [-0.39, 0.29) is 0 Å². The lowest BCUT2D eigenvalue weighted by atomic mass is 10.0. The highest BCUT2D eigenvalue weighted by atomic mass is 15.4. The summed E-state index contributed by atoms with van der Waals surface area (Å²) in [5.74, 6) is 0. The SMILES string of the molecule is CCCCCCCCCCCCCCCCCCCN1C=CN(CCCCCCCCCC)C1c1ccccc1. The second-order valence-electron chi connectivity index (χ2n) is 12.7. The van der Waals surface area contributed by atoms with E-state index < -0.39 is 0 Å². The zero-order valence-electron chi connectivity index (χ0n) is 27.1. The molecule has 1 aromatic rings. The maximum absolute atomic E-state index is 2.60. The van der Waals surface area contributed by atoms with Gasteiger partial charge >= 0.3 is 0 Å². The summed E-state index contributed by atoms with van der Waals surface area (Å²) in [5, 5.41) is 0. The first-order valence-electron chi connectivity index (χ1n) is 18.1. The van der Waals surface area contributed by atoms with Gasteiger partial charge in [0, 0.05) is 25.5 Å². The van der Waals surface area contributed by atoms with Crippen LogP contribution in [0.25, 0.3) is 0 Å². The van der Waals surface area contributed by atoms with Crippen LogP contribution in [0.5, 0.6) is 0 Å². The van der Waals surface area contributed by atoms with Gasteiger partial charge < -0.3 is 9.80 Å². The molecule has 1 unspecified atom stereocenters. The molecule has 0 saturated carbocycles. The fraction of sp³-hybridized carbons (Fsp3) is 0.789. The minimum atomic E-state index is 0.395. The molecular formula is C38H68N2. The van der Waals surface area contributed by atoms with Crippen molar-refractivity contribution in [1.82, 2.24) is 9.80 Å². The molecule has 0 aliphatic carbocycles. The van der Waals surface area contributed by atoms with Crippen LogP contribution in [0.15, 0.2) is 42.7 Å². The molecule has 2 nitrogen and oxygen atoms in total. The molecule has 1 atom stereocenters. The molecule has 0 amide bonds. The van der Waals surface area contributed by atoms with Crippen LogP contribution in [0.3, 0.4) is 0 Å². The predicted octanol–water partition coefficient (Wildman–Crippen LogP) is 12.6. The van der Waals surface area contributed by atoms with E-state index in [0.717, 1.165) is 0 Å². The smallest absolute Gasteiger partial charge is 0.127 e. The van der Waals surface area contributed by atoms with E-state index in [9.17, 15) is 0 Å². The summed E-state index contributed by atoms with van der Waals surface area (Å²) in [7, 11) is 0. The van der Waals surface area contributed by atoms with Crippen LogP contribution in [0.2, 0.25) is 0 Å². The largest absolute Gasteiger partial charge is 0.352 e. The van der Waals surface area contributed by atoms with Crippen molar-refractivity contribution in [2.75, 3.05) is 13.1 Å². The van der Waals surface area contributed by atoms with Gasteiger partial charge in [0.1, 0.15) is 6.17 Å². The molecule has 1 heterocycles. The minimum Gasteiger partial charge on any atom is -0.352 e. The van der Waals surface area contributed by atoms with E-state index in [4.69, 9.17) is 0 Å². The summed E-state index contributed by atoms with van der Waals surface area (Å²) < 4.78 is 0. The number of nitrogens with zero attached hydrogens (tertiary/aromatic N) is 2. The van der Waals surface area contributed by atoms with Gasteiger partial charge in [0.05, 0.1) is 0 Å². The predicted molar refractivity (Wildman–Crippen MR) is 179 cm³/mol. The van der Waals surface area contributed by atoms with Crippen molar-refractivity contribution in [3.8, 4) is 0 Å². The van der Waals surface area contributed by atoms with E-state index >= 15 is 0 Å². The molecular weight excluding hydrogens is 484 g/mol. The highest BCUT2D eigenvalue weighted by Crippen LogP contribution is 2.31. The van der Waals surface area contributed by atoms with Crippen LogP contribution in [0.1, 0.15) is 186 Å². The van der Waals surface area contributed by atoms with Crippen molar-refractivity contribution < 1.29 is 0 Å². The quantitative estimate of drug-likeness (QED) is 0.0954. The molecule has 0 bridgehead atoms. The Morgan fingerprint density at radius 1 is 0.400 bits per heavy atom. The number of hydrogen-bond acceptors (Lipinski definition) is 2. The first-order valence-corrected chi connectivity index (χ1v) is 18.1. The zero-order chi connectivity index (χ0) is 28.4. The third-order valence-electron chi connectivity index (χ3n) is 8.97. The van der Waals surface area contributed by atoms with Crippen LogP contribution < -0.4 is 0 Å². The summed E-state index contributed by atoms with van der Waals surface area (Å²) >= 11 is 0. The van der Waals surface area contributed by atoms with Crippen molar-refractivity contribution in [1.29, 1.82) is 0 Å². The third-order valence-corrected chi connectivity index (χ3v) is 8.97. The molecule has 0 radical (unpaired) electrons. The van der Waals surface area contributed by atoms with Crippen molar-refractivity contribution in [2.24, 2.45) is 0 Å². The summed E-state index contributed by atoms with van der Waals surface area (Å²) in [4.78, 5) is 5.20. The standard InChI is InChI=1S/C38H68N2/c1-3-5-7-9-11-13-14-15-16-17-18-19-20-21-23-25-30-34-40-36-35-39(38(40)37-31-27-26-28-32-37)33-29-24-22-12-10-8-6-4-2/h26-28,31-32,35-36,38H,3-25,29-30,33-34H2,1-2H3. The van der Waals surface area contributed by atoms with Crippen LogP contribution in [0.4, 0.5) is 0 Å². The monoisotopic (exact) mass is 553 g/mol. The maximum atomic E-state index is 2.60. The molecule has 1 aliphatic heterocycles. The van der Waals surface area contributed by atoms with Gasteiger partial charge in [0.15, 0.2) is 0 Å². The topological polar surface area (TPSA) is 6.48 Å². The average molecular weight is 553 g/mol. The second-order valence-corrected chi connectivity index (χ2v) is 12.7. The molecule has 0 N–H and O–H groups in total. The lowest BCUT2D eigenvalue weighted by molar-refractivity contribution is 0.149.